The van der Waals surface area contributed by atoms with E-state index in [1.165, 1.54) is 16.3 Å². The Kier molecular flexibility index (Phi) is 5.64. The number of ether oxygens (including phenoxy) is 2. The maximum Gasteiger partial charge on any atom is 0.325 e. The third-order valence-electron chi connectivity index (χ3n) is 5.50. The molecule has 32 heavy (non-hydrogen) atoms. The lowest BCUT2D eigenvalue weighted by Gasteiger charge is -2.24. The summed E-state index contributed by atoms with van der Waals surface area (Å²) in [5, 5.41) is 10.5. The molecule has 4 rings (SSSR count). The van der Waals surface area contributed by atoms with Crippen LogP contribution in [0.2, 0.25) is 0 Å². The summed E-state index contributed by atoms with van der Waals surface area (Å²) in [6, 6.07) is 8.33. The van der Waals surface area contributed by atoms with Gasteiger partial charge in [-0.15, -0.1) is 11.3 Å². The average Bonchev–Trinajstić information content (AvgIpc) is 3.49. The highest BCUT2D eigenvalue weighted by Gasteiger charge is 2.46. The fraction of sp³-hybridized carbons (Fsp3) is 0.364. The van der Waals surface area contributed by atoms with E-state index >= 15 is 0 Å². The number of imide groups is 1. The second kappa shape index (κ2) is 8.27. The van der Waals surface area contributed by atoms with Crippen molar-refractivity contribution in [1.82, 2.24) is 15.2 Å². The number of carbonyl (C=O) groups excluding carboxylic acids is 3. The number of rotatable bonds is 6. The van der Waals surface area contributed by atoms with Gasteiger partial charge in [0, 0.05) is 6.42 Å². The van der Waals surface area contributed by atoms with E-state index in [2.05, 4.69) is 10.4 Å². The number of hydrogen-bond donors (Lipinski definition) is 1. The summed E-state index contributed by atoms with van der Waals surface area (Å²) in [5.74, 6) is 0.226. The van der Waals surface area contributed by atoms with Crippen molar-refractivity contribution in [3.63, 3.8) is 0 Å². The first kappa shape index (κ1) is 21.8. The van der Waals surface area contributed by atoms with Crippen molar-refractivity contribution in [2.75, 3.05) is 20.8 Å². The minimum Gasteiger partial charge on any atom is -0.493 e. The van der Waals surface area contributed by atoms with Gasteiger partial charge in [-0.25, -0.2) is 9.80 Å². The molecule has 2 aliphatic rings. The van der Waals surface area contributed by atoms with E-state index in [-0.39, 0.29) is 6.54 Å². The lowest BCUT2D eigenvalue weighted by Crippen LogP contribution is -2.43. The van der Waals surface area contributed by atoms with Crippen molar-refractivity contribution in [1.29, 1.82) is 0 Å². The van der Waals surface area contributed by atoms with Gasteiger partial charge < -0.3 is 14.8 Å². The molecule has 2 aromatic rings. The van der Waals surface area contributed by atoms with Gasteiger partial charge in [0.05, 0.1) is 30.9 Å². The predicted octanol–water partition coefficient (Wildman–Crippen LogP) is 2.77. The van der Waals surface area contributed by atoms with Crippen LogP contribution >= 0.6 is 11.3 Å². The van der Waals surface area contributed by atoms with E-state index in [4.69, 9.17) is 9.47 Å². The van der Waals surface area contributed by atoms with Crippen molar-refractivity contribution in [3.8, 4) is 11.5 Å². The predicted molar refractivity (Wildman–Crippen MR) is 119 cm³/mol. The number of methoxy groups -OCH3 is 2. The molecule has 1 aromatic carbocycles. The van der Waals surface area contributed by atoms with Crippen LogP contribution in [0.5, 0.6) is 11.5 Å². The van der Waals surface area contributed by atoms with Gasteiger partial charge in [-0.2, -0.15) is 5.10 Å². The minimum atomic E-state index is -1.05. The standard InChI is InChI=1S/C22H24N4O5S/c1-22(2)20(28)25(21(29)23-22)12-19(27)26-15(11-14(24-26)18-6-5-9-32-18)13-7-8-16(30-3)17(10-13)31-4/h5-10,15H,11-12H2,1-4H3,(H,23,29)/t15-/m0/s1. The zero-order valence-electron chi connectivity index (χ0n) is 18.2. The summed E-state index contributed by atoms with van der Waals surface area (Å²) < 4.78 is 10.7. The lowest BCUT2D eigenvalue weighted by molar-refractivity contribution is -0.139. The molecule has 0 bridgehead atoms. The molecule has 3 heterocycles. The van der Waals surface area contributed by atoms with E-state index in [1.54, 1.807) is 34.1 Å². The van der Waals surface area contributed by atoms with Crippen LogP contribution in [-0.2, 0) is 9.59 Å². The third kappa shape index (κ3) is 3.81. The maximum atomic E-state index is 13.3. The molecule has 9 nitrogen and oxygen atoms in total. The molecule has 1 saturated heterocycles. The summed E-state index contributed by atoms with van der Waals surface area (Å²) in [7, 11) is 3.10. The van der Waals surface area contributed by atoms with Crippen LogP contribution in [0.3, 0.4) is 0 Å². The second-order valence-corrected chi connectivity index (χ2v) is 8.99. The second-order valence-electron chi connectivity index (χ2n) is 8.04. The topological polar surface area (TPSA) is 101 Å². The molecule has 0 spiro atoms. The molecule has 10 heteroatoms. The normalized spacial score (nSPS) is 19.8. The van der Waals surface area contributed by atoms with Crippen molar-refractivity contribution in [2.45, 2.75) is 31.8 Å². The first-order chi connectivity index (χ1) is 15.2. The molecule has 168 valence electrons. The van der Waals surface area contributed by atoms with Crippen LogP contribution < -0.4 is 14.8 Å². The molecule has 1 N–H and O–H groups in total. The van der Waals surface area contributed by atoms with Crippen LogP contribution in [-0.4, -0.2) is 59.8 Å². The molecule has 1 atom stereocenters. The molecule has 0 aliphatic carbocycles. The molecule has 2 aliphatic heterocycles. The summed E-state index contributed by atoms with van der Waals surface area (Å²) >= 11 is 1.54. The van der Waals surface area contributed by atoms with E-state index in [0.717, 1.165) is 21.1 Å². The largest absolute Gasteiger partial charge is 0.493 e. The van der Waals surface area contributed by atoms with Gasteiger partial charge in [0.1, 0.15) is 12.1 Å². The van der Waals surface area contributed by atoms with Crippen LogP contribution in [0.4, 0.5) is 4.79 Å². The van der Waals surface area contributed by atoms with Gasteiger partial charge in [-0.1, -0.05) is 12.1 Å². The Morgan fingerprint density at radius 2 is 1.97 bits per heavy atom. The Morgan fingerprint density at radius 3 is 2.56 bits per heavy atom. The minimum absolute atomic E-state index is 0.390. The maximum absolute atomic E-state index is 13.3. The monoisotopic (exact) mass is 456 g/mol. The molecule has 0 saturated carbocycles. The number of nitrogens with one attached hydrogen (secondary N) is 1. The lowest BCUT2D eigenvalue weighted by atomic mass is 10.0. The zero-order valence-corrected chi connectivity index (χ0v) is 19.1. The molecule has 1 fully saturated rings. The zero-order chi connectivity index (χ0) is 23.0. The molecule has 4 amide bonds. The van der Waals surface area contributed by atoms with Gasteiger partial charge in [-0.3, -0.25) is 14.5 Å². The fourth-order valence-electron chi connectivity index (χ4n) is 3.82. The number of thiophene rings is 1. The van der Waals surface area contributed by atoms with Gasteiger partial charge in [-0.05, 0) is 43.0 Å². The van der Waals surface area contributed by atoms with E-state index in [1.807, 2.05) is 29.6 Å². The summed E-state index contributed by atoms with van der Waals surface area (Å²) in [5.41, 5.74) is 0.533. The van der Waals surface area contributed by atoms with Crippen molar-refractivity contribution < 1.29 is 23.9 Å². The summed E-state index contributed by atoms with van der Waals surface area (Å²) in [4.78, 5) is 40.0. The summed E-state index contributed by atoms with van der Waals surface area (Å²) in [6.45, 7) is 2.82. The van der Waals surface area contributed by atoms with Crippen LogP contribution in [0.1, 0.15) is 36.8 Å². The average molecular weight is 457 g/mol. The smallest absolute Gasteiger partial charge is 0.325 e. The molecule has 0 radical (unpaired) electrons. The quantitative estimate of drug-likeness (QED) is 0.674. The number of carbonyl (C=O) groups is 3. The van der Waals surface area contributed by atoms with Gasteiger partial charge in [0.25, 0.3) is 11.8 Å². The van der Waals surface area contributed by atoms with Crippen LogP contribution in [0.15, 0.2) is 40.8 Å². The highest BCUT2D eigenvalue weighted by atomic mass is 32.1. The Balaban J connectivity index is 1.65. The third-order valence-corrected chi connectivity index (χ3v) is 6.42. The highest BCUT2D eigenvalue weighted by Crippen LogP contribution is 2.38. The number of hydrogen-bond acceptors (Lipinski definition) is 7. The van der Waals surface area contributed by atoms with Crippen LogP contribution in [0.25, 0.3) is 0 Å². The first-order valence-electron chi connectivity index (χ1n) is 10.0. The number of hydrazone groups is 1. The van der Waals surface area contributed by atoms with E-state index < -0.39 is 29.4 Å². The Morgan fingerprint density at radius 1 is 1.22 bits per heavy atom. The molecule has 1 aromatic heterocycles. The Bertz CT molecular complexity index is 1100. The van der Waals surface area contributed by atoms with Gasteiger partial charge in [0.2, 0.25) is 0 Å². The SMILES string of the molecule is COc1ccc([C@@H]2CC(c3cccs3)=NN2C(=O)CN2C(=O)NC(C)(C)C2=O)cc1OC. The number of nitrogens with zero attached hydrogens (tertiary/aromatic N) is 3. The fourth-order valence-corrected chi connectivity index (χ4v) is 4.54. The number of benzene rings is 1. The summed E-state index contributed by atoms with van der Waals surface area (Å²) in [6.07, 6.45) is 0.493. The van der Waals surface area contributed by atoms with Gasteiger partial charge in [0.15, 0.2) is 11.5 Å². The highest BCUT2D eigenvalue weighted by molar-refractivity contribution is 7.12. The Hall–Kier alpha value is -3.40. The van der Waals surface area contributed by atoms with E-state index in [0.29, 0.717) is 17.9 Å². The molecular weight excluding hydrogens is 432 g/mol. The van der Waals surface area contributed by atoms with Crippen molar-refractivity contribution >= 4 is 34.9 Å². The number of amides is 4. The molecule has 0 unspecified atom stereocenters. The van der Waals surface area contributed by atoms with E-state index in [9.17, 15) is 14.4 Å². The number of urea groups is 1. The Labute approximate surface area is 189 Å². The van der Waals surface area contributed by atoms with Crippen molar-refractivity contribution in [2.24, 2.45) is 5.10 Å². The van der Waals surface area contributed by atoms with Crippen LogP contribution in [0, 0.1) is 0 Å². The van der Waals surface area contributed by atoms with Crippen molar-refractivity contribution in [3.05, 3.63) is 46.2 Å². The van der Waals surface area contributed by atoms with Gasteiger partial charge >= 0.3 is 6.03 Å². The molecular formula is C22H24N4O5S. The first-order valence-corrected chi connectivity index (χ1v) is 10.9.